The molecular weight excluding hydrogens is 178 g/mol. The van der Waals surface area contributed by atoms with E-state index in [1.54, 1.807) is 6.07 Å². The van der Waals surface area contributed by atoms with Crippen LogP contribution in [0.2, 0.25) is 0 Å². The highest BCUT2D eigenvalue weighted by Crippen LogP contribution is 2.29. The summed E-state index contributed by atoms with van der Waals surface area (Å²) in [5.74, 6) is 0.0625. The molecule has 0 aliphatic carbocycles. The van der Waals surface area contributed by atoms with E-state index < -0.39 is 0 Å². The first kappa shape index (κ1) is 10.6. The van der Waals surface area contributed by atoms with Crippen LogP contribution >= 0.6 is 0 Å². The molecule has 3 heteroatoms. The summed E-state index contributed by atoms with van der Waals surface area (Å²) in [7, 11) is 0. The Morgan fingerprint density at radius 2 is 2.14 bits per heavy atom. The van der Waals surface area contributed by atoms with Crippen molar-refractivity contribution in [3.05, 3.63) is 35.9 Å². The summed E-state index contributed by atoms with van der Waals surface area (Å²) in [5.41, 5.74) is 7.44. The van der Waals surface area contributed by atoms with E-state index in [2.05, 4.69) is 6.58 Å². The van der Waals surface area contributed by atoms with Gasteiger partial charge in [-0.2, -0.15) is 0 Å². The van der Waals surface area contributed by atoms with Gasteiger partial charge in [-0.15, -0.1) is 6.58 Å². The van der Waals surface area contributed by atoms with Crippen LogP contribution in [0.4, 0.5) is 0 Å². The van der Waals surface area contributed by atoms with E-state index in [0.717, 1.165) is 5.57 Å². The van der Waals surface area contributed by atoms with E-state index >= 15 is 0 Å². The van der Waals surface area contributed by atoms with Gasteiger partial charge in [0.1, 0.15) is 11.5 Å². The summed E-state index contributed by atoms with van der Waals surface area (Å²) in [6.45, 7) is 5.64. The minimum Gasteiger partial charge on any atom is -0.508 e. The van der Waals surface area contributed by atoms with Gasteiger partial charge in [0.25, 0.3) is 0 Å². The van der Waals surface area contributed by atoms with E-state index in [1.807, 2.05) is 6.92 Å². The third-order valence-electron chi connectivity index (χ3n) is 1.98. The first-order valence-corrected chi connectivity index (χ1v) is 4.42. The molecule has 1 aromatic carbocycles. The molecule has 0 saturated heterocycles. The molecular formula is C11H15NO2. The lowest BCUT2D eigenvalue weighted by atomic mass is 10.0. The van der Waals surface area contributed by atoms with Crippen molar-refractivity contribution >= 4 is 0 Å². The van der Waals surface area contributed by atoms with Crippen molar-refractivity contribution in [3.63, 3.8) is 0 Å². The normalized spacial score (nSPS) is 12.4. The van der Waals surface area contributed by atoms with Gasteiger partial charge in [-0.05, 0) is 19.4 Å². The highest BCUT2D eigenvalue weighted by molar-refractivity contribution is 5.41. The maximum atomic E-state index is 9.50. The van der Waals surface area contributed by atoms with Crippen LogP contribution in [0.5, 0.6) is 11.5 Å². The Morgan fingerprint density at radius 1 is 1.50 bits per heavy atom. The minimum atomic E-state index is -0.270. The van der Waals surface area contributed by atoms with Gasteiger partial charge >= 0.3 is 0 Å². The summed E-state index contributed by atoms with van der Waals surface area (Å²) in [4.78, 5) is 0. The number of rotatable bonds is 3. The van der Waals surface area contributed by atoms with Crippen molar-refractivity contribution in [2.75, 3.05) is 0 Å². The van der Waals surface area contributed by atoms with Crippen LogP contribution in [-0.4, -0.2) is 10.2 Å². The minimum absolute atomic E-state index is 0.0266. The number of phenolic OH excluding ortho intramolecular Hbond substituents is 2. The molecule has 0 saturated carbocycles. The second-order valence-electron chi connectivity index (χ2n) is 3.51. The van der Waals surface area contributed by atoms with Crippen LogP contribution in [0.1, 0.15) is 24.9 Å². The SMILES string of the molecule is C=C(C)CC(N)c1ccc(O)cc1O. The Hall–Kier alpha value is -1.48. The van der Waals surface area contributed by atoms with Gasteiger partial charge in [-0.25, -0.2) is 0 Å². The van der Waals surface area contributed by atoms with Gasteiger partial charge in [-0.3, -0.25) is 0 Å². The molecule has 0 radical (unpaired) electrons. The fourth-order valence-corrected chi connectivity index (χ4v) is 1.33. The lowest BCUT2D eigenvalue weighted by Gasteiger charge is -2.13. The zero-order valence-corrected chi connectivity index (χ0v) is 8.20. The molecule has 76 valence electrons. The maximum Gasteiger partial charge on any atom is 0.124 e. The molecule has 0 spiro atoms. The zero-order valence-electron chi connectivity index (χ0n) is 8.20. The van der Waals surface area contributed by atoms with E-state index in [1.165, 1.54) is 12.1 Å². The molecule has 1 unspecified atom stereocenters. The van der Waals surface area contributed by atoms with E-state index in [0.29, 0.717) is 12.0 Å². The molecule has 4 N–H and O–H groups in total. The van der Waals surface area contributed by atoms with Crippen molar-refractivity contribution in [2.24, 2.45) is 5.73 Å². The van der Waals surface area contributed by atoms with Crippen LogP contribution in [0.25, 0.3) is 0 Å². The molecule has 0 heterocycles. The largest absolute Gasteiger partial charge is 0.508 e. The Bertz CT molecular complexity index is 347. The molecule has 3 nitrogen and oxygen atoms in total. The maximum absolute atomic E-state index is 9.50. The molecule has 0 bridgehead atoms. The first-order valence-electron chi connectivity index (χ1n) is 4.42. The Labute approximate surface area is 83.5 Å². The third-order valence-corrected chi connectivity index (χ3v) is 1.98. The summed E-state index contributed by atoms with van der Waals surface area (Å²) >= 11 is 0. The summed E-state index contributed by atoms with van der Waals surface area (Å²) in [6, 6.07) is 4.15. The van der Waals surface area contributed by atoms with Crippen molar-refractivity contribution < 1.29 is 10.2 Å². The highest BCUT2D eigenvalue weighted by atomic mass is 16.3. The smallest absolute Gasteiger partial charge is 0.124 e. The van der Waals surface area contributed by atoms with E-state index in [4.69, 9.17) is 10.8 Å². The van der Waals surface area contributed by atoms with Crippen LogP contribution in [-0.2, 0) is 0 Å². The molecule has 14 heavy (non-hydrogen) atoms. The lowest BCUT2D eigenvalue weighted by molar-refractivity contribution is 0.441. The second-order valence-corrected chi connectivity index (χ2v) is 3.51. The second kappa shape index (κ2) is 4.15. The van der Waals surface area contributed by atoms with E-state index in [-0.39, 0.29) is 17.5 Å². The lowest BCUT2D eigenvalue weighted by Crippen LogP contribution is -2.10. The van der Waals surface area contributed by atoms with Gasteiger partial charge in [0, 0.05) is 17.7 Å². The third kappa shape index (κ3) is 2.50. The van der Waals surface area contributed by atoms with Gasteiger partial charge < -0.3 is 15.9 Å². The zero-order chi connectivity index (χ0) is 10.7. The molecule has 1 atom stereocenters. The van der Waals surface area contributed by atoms with Crippen molar-refractivity contribution in [1.82, 2.24) is 0 Å². The average molecular weight is 193 g/mol. The van der Waals surface area contributed by atoms with E-state index in [9.17, 15) is 5.11 Å². The molecule has 0 aromatic heterocycles. The fraction of sp³-hybridized carbons (Fsp3) is 0.273. The Balaban J connectivity index is 2.90. The van der Waals surface area contributed by atoms with Crippen LogP contribution in [0.3, 0.4) is 0 Å². The van der Waals surface area contributed by atoms with Gasteiger partial charge in [0.05, 0.1) is 0 Å². The number of hydrogen-bond acceptors (Lipinski definition) is 3. The predicted octanol–water partition coefficient (Wildman–Crippen LogP) is 2.06. The molecule has 1 aromatic rings. The number of phenols is 2. The quantitative estimate of drug-likeness (QED) is 0.644. The van der Waals surface area contributed by atoms with Crippen LogP contribution < -0.4 is 5.73 Å². The predicted molar refractivity (Wildman–Crippen MR) is 56.1 cm³/mol. The molecule has 0 fully saturated rings. The Kier molecular flexibility index (Phi) is 3.14. The molecule has 1 rings (SSSR count). The summed E-state index contributed by atoms with van der Waals surface area (Å²) in [6.07, 6.45) is 0.623. The van der Waals surface area contributed by atoms with Crippen molar-refractivity contribution in [2.45, 2.75) is 19.4 Å². The summed E-state index contributed by atoms with van der Waals surface area (Å²) < 4.78 is 0. The first-order chi connectivity index (χ1) is 6.50. The van der Waals surface area contributed by atoms with Gasteiger partial charge in [-0.1, -0.05) is 11.6 Å². The highest BCUT2D eigenvalue weighted by Gasteiger charge is 2.11. The van der Waals surface area contributed by atoms with Crippen molar-refractivity contribution in [1.29, 1.82) is 0 Å². The van der Waals surface area contributed by atoms with Crippen molar-refractivity contribution in [3.8, 4) is 11.5 Å². The number of aromatic hydroxyl groups is 2. The van der Waals surface area contributed by atoms with Gasteiger partial charge in [0.15, 0.2) is 0 Å². The molecule has 0 amide bonds. The average Bonchev–Trinajstić information content (AvgIpc) is 2.01. The van der Waals surface area contributed by atoms with Gasteiger partial charge in [0.2, 0.25) is 0 Å². The number of nitrogens with two attached hydrogens (primary N) is 1. The summed E-state index contributed by atoms with van der Waals surface area (Å²) in [5, 5.41) is 18.6. The molecule has 0 aliphatic heterocycles. The fourth-order valence-electron chi connectivity index (χ4n) is 1.33. The standard InChI is InChI=1S/C11H15NO2/c1-7(2)5-10(12)9-4-3-8(13)6-11(9)14/h3-4,6,10,13-14H,1,5,12H2,2H3. The topological polar surface area (TPSA) is 66.5 Å². The van der Waals surface area contributed by atoms with Crippen LogP contribution in [0, 0.1) is 0 Å². The molecule has 0 aliphatic rings. The van der Waals surface area contributed by atoms with Crippen LogP contribution in [0.15, 0.2) is 30.4 Å². The monoisotopic (exact) mass is 193 g/mol. The number of hydrogen-bond donors (Lipinski definition) is 3. The number of benzene rings is 1. The Morgan fingerprint density at radius 3 is 2.64 bits per heavy atom.